The molecule has 3 aromatic rings. The second kappa shape index (κ2) is 16.7. The van der Waals surface area contributed by atoms with Gasteiger partial charge >= 0.3 is 0 Å². The number of carbonyl (C=O) groups excluding carboxylic acids is 2. The van der Waals surface area contributed by atoms with Crippen molar-refractivity contribution in [3.05, 3.63) is 93.4 Å². The molecule has 11 heteroatoms. The molecule has 0 saturated carbocycles. The van der Waals surface area contributed by atoms with Crippen LogP contribution in [0.4, 0.5) is 5.69 Å². The van der Waals surface area contributed by atoms with E-state index in [1.54, 1.807) is 17.0 Å². The van der Waals surface area contributed by atoms with Crippen LogP contribution in [0.3, 0.4) is 0 Å². The Labute approximate surface area is 268 Å². The van der Waals surface area contributed by atoms with Crippen LogP contribution in [-0.2, 0) is 32.6 Å². The third-order valence-corrected chi connectivity index (χ3v) is 8.90. The maximum atomic E-state index is 13.9. The molecule has 0 heterocycles. The number of carbonyl (C=O) groups is 2. The van der Waals surface area contributed by atoms with Gasteiger partial charge in [-0.05, 0) is 54.3 Å². The quantitative estimate of drug-likeness (QED) is 0.180. The lowest BCUT2D eigenvalue weighted by Crippen LogP contribution is -2.50. The summed E-state index contributed by atoms with van der Waals surface area (Å²) in [5, 5.41) is 3.29. The summed E-state index contributed by atoms with van der Waals surface area (Å²) in [5.41, 5.74) is 2.18. The summed E-state index contributed by atoms with van der Waals surface area (Å²) in [5.74, 6) is -0.0297. The van der Waals surface area contributed by atoms with Gasteiger partial charge in [-0.15, -0.1) is 0 Å². The van der Waals surface area contributed by atoms with Crippen molar-refractivity contribution in [1.29, 1.82) is 0 Å². The van der Waals surface area contributed by atoms with Crippen molar-refractivity contribution in [2.75, 3.05) is 30.8 Å². The molecule has 0 aliphatic heterocycles. The van der Waals surface area contributed by atoms with E-state index in [1.807, 2.05) is 54.6 Å². The zero-order valence-corrected chi connectivity index (χ0v) is 27.9. The van der Waals surface area contributed by atoms with Gasteiger partial charge in [-0.2, -0.15) is 0 Å². The Bertz CT molecular complexity index is 1470. The lowest BCUT2D eigenvalue weighted by Gasteiger charge is -2.32. The Morgan fingerprint density at radius 3 is 2.35 bits per heavy atom. The molecule has 0 fully saturated rings. The fourth-order valence-electron chi connectivity index (χ4n) is 4.71. The third-order valence-electron chi connectivity index (χ3n) is 6.92. The standard InChI is InChI=1S/C32H39BrClN3O5S/c1-4-5-18-35-32(39)29(21-24-11-7-6-8-12-24)36(23-25-13-9-14-26(33)20-25)31(38)15-10-19-37(43(3,40)41)27-16-17-30(42-2)28(34)22-27/h6-9,11-14,16-17,20,22,29H,4-5,10,15,18-19,21,23H2,1-3H3,(H,35,39). The van der Waals surface area contributed by atoms with E-state index < -0.39 is 16.1 Å². The summed E-state index contributed by atoms with van der Waals surface area (Å²) in [6, 6.07) is 21.2. The van der Waals surface area contributed by atoms with Crippen LogP contribution in [0.15, 0.2) is 77.3 Å². The van der Waals surface area contributed by atoms with Crippen molar-refractivity contribution in [2.24, 2.45) is 0 Å². The van der Waals surface area contributed by atoms with Crippen molar-refractivity contribution < 1.29 is 22.7 Å². The molecule has 3 aromatic carbocycles. The Kier molecular flexibility index (Phi) is 13.3. The SMILES string of the molecule is CCCCNC(=O)C(Cc1ccccc1)N(Cc1cccc(Br)c1)C(=O)CCCN(c1ccc(OC)c(Cl)c1)S(C)(=O)=O. The number of hydrogen-bond donors (Lipinski definition) is 1. The summed E-state index contributed by atoms with van der Waals surface area (Å²) >= 11 is 9.77. The number of amides is 2. The molecule has 1 unspecified atom stereocenters. The first-order valence-corrected chi connectivity index (χ1v) is 17.2. The maximum Gasteiger partial charge on any atom is 0.243 e. The zero-order chi connectivity index (χ0) is 31.4. The molecule has 1 N–H and O–H groups in total. The van der Waals surface area contributed by atoms with Gasteiger partial charge in [0, 0.05) is 36.9 Å². The minimum Gasteiger partial charge on any atom is -0.495 e. The minimum absolute atomic E-state index is 0.0391. The summed E-state index contributed by atoms with van der Waals surface area (Å²) in [7, 11) is -2.19. The van der Waals surface area contributed by atoms with Crippen molar-refractivity contribution >= 4 is 55.1 Å². The largest absolute Gasteiger partial charge is 0.495 e. The van der Waals surface area contributed by atoms with Crippen molar-refractivity contribution in [3.8, 4) is 5.75 Å². The average molecular weight is 693 g/mol. The molecular weight excluding hydrogens is 654 g/mol. The van der Waals surface area contributed by atoms with Gasteiger partial charge in [0.05, 0.1) is 24.1 Å². The Balaban J connectivity index is 1.88. The second-order valence-corrected chi connectivity index (χ2v) is 13.5. The fourth-order valence-corrected chi connectivity index (χ4v) is 6.36. The van der Waals surface area contributed by atoms with E-state index in [4.69, 9.17) is 16.3 Å². The number of hydrogen-bond acceptors (Lipinski definition) is 5. The number of benzene rings is 3. The highest BCUT2D eigenvalue weighted by Gasteiger charge is 2.30. The van der Waals surface area contributed by atoms with Gasteiger partial charge < -0.3 is 15.0 Å². The van der Waals surface area contributed by atoms with Crippen molar-refractivity contribution in [3.63, 3.8) is 0 Å². The van der Waals surface area contributed by atoms with Gasteiger partial charge in [0.2, 0.25) is 21.8 Å². The molecule has 8 nitrogen and oxygen atoms in total. The number of unbranched alkanes of at least 4 members (excludes halogenated alkanes) is 1. The lowest BCUT2D eigenvalue weighted by molar-refractivity contribution is -0.141. The molecule has 0 saturated heterocycles. The summed E-state index contributed by atoms with van der Waals surface area (Å²) in [6.07, 6.45) is 3.50. The Morgan fingerprint density at radius 1 is 1.00 bits per heavy atom. The number of rotatable bonds is 16. The normalized spacial score (nSPS) is 11.9. The number of nitrogens with zero attached hydrogens (tertiary/aromatic N) is 2. The average Bonchev–Trinajstić information content (AvgIpc) is 2.97. The van der Waals surface area contributed by atoms with Gasteiger partial charge in [0.15, 0.2) is 0 Å². The third kappa shape index (κ3) is 10.5. The van der Waals surface area contributed by atoms with E-state index in [1.165, 1.54) is 17.5 Å². The monoisotopic (exact) mass is 691 g/mol. The highest BCUT2D eigenvalue weighted by Crippen LogP contribution is 2.30. The van der Waals surface area contributed by atoms with Crippen molar-refractivity contribution in [2.45, 2.75) is 51.6 Å². The summed E-state index contributed by atoms with van der Waals surface area (Å²) in [4.78, 5) is 29.1. The van der Waals surface area contributed by atoms with Crippen LogP contribution in [0.2, 0.25) is 5.02 Å². The van der Waals surface area contributed by atoms with Crippen LogP contribution in [-0.4, -0.2) is 57.6 Å². The van der Waals surface area contributed by atoms with Crippen LogP contribution in [0.25, 0.3) is 0 Å². The molecule has 0 spiro atoms. The maximum absolute atomic E-state index is 13.9. The van der Waals surface area contributed by atoms with Gasteiger partial charge in [0.25, 0.3) is 0 Å². The molecule has 0 aliphatic carbocycles. The van der Waals surface area contributed by atoms with Crippen LogP contribution < -0.4 is 14.4 Å². The smallest absolute Gasteiger partial charge is 0.243 e. The topological polar surface area (TPSA) is 96.0 Å². The Hall–Kier alpha value is -3.08. The van der Waals surface area contributed by atoms with E-state index in [2.05, 4.69) is 28.2 Å². The molecule has 2 amide bonds. The molecule has 0 aromatic heterocycles. The molecule has 43 heavy (non-hydrogen) atoms. The molecule has 0 radical (unpaired) electrons. The number of sulfonamides is 1. The second-order valence-electron chi connectivity index (χ2n) is 10.3. The van der Waals surface area contributed by atoms with E-state index in [-0.39, 0.29) is 42.8 Å². The van der Waals surface area contributed by atoms with E-state index in [9.17, 15) is 18.0 Å². The number of methoxy groups -OCH3 is 1. The highest BCUT2D eigenvalue weighted by atomic mass is 79.9. The van der Waals surface area contributed by atoms with E-state index in [0.717, 1.165) is 34.7 Å². The van der Waals surface area contributed by atoms with E-state index in [0.29, 0.717) is 24.4 Å². The molecule has 232 valence electrons. The Morgan fingerprint density at radius 2 is 1.72 bits per heavy atom. The van der Waals surface area contributed by atoms with Gasteiger partial charge in [-0.1, -0.05) is 83.3 Å². The molecule has 0 bridgehead atoms. The van der Waals surface area contributed by atoms with Gasteiger partial charge in [-0.3, -0.25) is 13.9 Å². The number of anilines is 1. The lowest BCUT2D eigenvalue weighted by atomic mass is 10.0. The predicted molar refractivity (Wildman–Crippen MR) is 176 cm³/mol. The minimum atomic E-state index is -3.67. The number of nitrogens with one attached hydrogen (secondary N) is 1. The zero-order valence-electron chi connectivity index (χ0n) is 24.8. The number of ether oxygens (including phenoxy) is 1. The van der Waals surface area contributed by atoms with Crippen LogP contribution in [0, 0.1) is 0 Å². The van der Waals surface area contributed by atoms with Crippen LogP contribution >= 0.6 is 27.5 Å². The fraction of sp³-hybridized carbons (Fsp3) is 0.375. The molecule has 1 atom stereocenters. The summed E-state index contributed by atoms with van der Waals surface area (Å²) in [6.45, 7) is 2.86. The highest BCUT2D eigenvalue weighted by molar-refractivity contribution is 9.10. The van der Waals surface area contributed by atoms with Crippen LogP contribution in [0.1, 0.15) is 43.7 Å². The molecular formula is C32H39BrClN3O5S. The summed E-state index contributed by atoms with van der Waals surface area (Å²) < 4.78 is 32.7. The van der Waals surface area contributed by atoms with E-state index >= 15 is 0 Å². The number of halogens is 2. The van der Waals surface area contributed by atoms with Gasteiger partial charge in [0.1, 0.15) is 11.8 Å². The van der Waals surface area contributed by atoms with Crippen molar-refractivity contribution in [1.82, 2.24) is 10.2 Å². The predicted octanol–water partition coefficient (Wildman–Crippen LogP) is 6.21. The first-order valence-electron chi connectivity index (χ1n) is 14.2. The van der Waals surface area contributed by atoms with Gasteiger partial charge in [-0.25, -0.2) is 8.42 Å². The molecule has 0 aliphatic rings. The first kappa shape index (κ1) is 34.4. The van der Waals surface area contributed by atoms with Crippen LogP contribution in [0.5, 0.6) is 5.75 Å². The first-order chi connectivity index (χ1) is 20.5. The molecule has 3 rings (SSSR count).